The van der Waals surface area contributed by atoms with Crippen molar-refractivity contribution in [2.24, 2.45) is 5.10 Å². The first-order valence-corrected chi connectivity index (χ1v) is 10.5. The highest BCUT2D eigenvalue weighted by atomic mass is 35.5. The highest BCUT2D eigenvalue weighted by molar-refractivity contribution is 6.31. The third-order valence-corrected chi connectivity index (χ3v) is 6.27. The van der Waals surface area contributed by atoms with E-state index in [9.17, 15) is 10.1 Å². The van der Waals surface area contributed by atoms with Gasteiger partial charge in [0.05, 0.1) is 16.7 Å². The van der Waals surface area contributed by atoms with Crippen molar-refractivity contribution >= 4 is 34.6 Å². The Hall–Kier alpha value is -3.09. The van der Waals surface area contributed by atoms with Gasteiger partial charge in [-0.3, -0.25) is 10.1 Å². The van der Waals surface area contributed by atoms with Crippen LogP contribution in [0, 0.1) is 10.1 Å². The highest BCUT2D eigenvalue weighted by Crippen LogP contribution is 2.51. The van der Waals surface area contributed by atoms with Crippen LogP contribution >= 0.6 is 23.2 Å². The van der Waals surface area contributed by atoms with Gasteiger partial charge in [-0.1, -0.05) is 35.3 Å². The van der Waals surface area contributed by atoms with E-state index in [0.717, 1.165) is 28.2 Å². The predicted molar refractivity (Wildman–Crippen MR) is 120 cm³/mol. The number of rotatable bonds is 3. The van der Waals surface area contributed by atoms with Crippen molar-refractivity contribution in [3.8, 4) is 5.75 Å². The maximum absolute atomic E-state index is 11.1. The SMILES string of the molecule is C[C@]1(c2ccc([N+](=O)[O-])cc2)Oc2ccc(Cl)cc2[C@H]2CC(c3ccc(Cl)cc3)=NN21. The summed E-state index contributed by atoms with van der Waals surface area (Å²) >= 11 is 12.3. The molecule has 6 nitrogen and oxygen atoms in total. The van der Waals surface area contributed by atoms with E-state index < -0.39 is 10.6 Å². The zero-order valence-electron chi connectivity index (χ0n) is 16.5. The van der Waals surface area contributed by atoms with Gasteiger partial charge >= 0.3 is 0 Å². The fraction of sp³-hybridized carbons (Fsp3) is 0.174. The maximum Gasteiger partial charge on any atom is 0.269 e. The largest absolute Gasteiger partial charge is 0.462 e. The standard InChI is InChI=1S/C23H17Cl2N3O3/c1-23(15-4-9-18(10-5-15)28(29)30)27-21(19-12-17(25)8-11-22(19)31-23)13-20(26-27)14-2-6-16(24)7-3-14/h2-12,21H,13H2,1H3/t21-,23-/m1/s1. The van der Waals surface area contributed by atoms with E-state index in [1.807, 2.05) is 48.3 Å². The van der Waals surface area contributed by atoms with Crippen molar-refractivity contribution in [3.63, 3.8) is 0 Å². The summed E-state index contributed by atoms with van der Waals surface area (Å²) in [6.07, 6.45) is 0.668. The molecule has 0 aliphatic carbocycles. The Labute approximate surface area is 188 Å². The monoisotopic (exact) mass is 453 g/mol. The molecule has 2 atom stereocenters. The summed E-state index contributed by atoms with van der Waals surface area (Å²) in [6.45, 7) is 1.92. The Morgan fingerprint density at radius 3 is 2.42 bits per heavy atom. The van der Waals surface area contributed by atoms with Crippen LogP contribution in [-0.4, -0.2) is 15.6 Å². The van der Waals surface area contributed by atoms with Crippen LogP contribution < -0.4 is 4.74 Å². The minimum absolute atomic E-state index is 0.0265. The second-order valence-electron chi connectivity index (χ2n) is 7.69. The number of hydrazone groups is 1. The van der Waals surface area contributed by atoms with E-state index in [-0.39, 0.29) is 11.7 Å². The number of hydrogen-bond acceptors (Lipinski definition) is 5. The number of nitro groups is 1. The Balaban J connectivity index is 1.63. The fourth-order valence-electron chi connectivity index (χ4n) is 4.18. The molecule has 3 aromatic carbocycles. The molecule has 5 rings (SSSR count). The molecule has 2 aliphatic rings. The predicted octanol–water partition coefficient (Wildman–Crippen LogP) is 6.32. The van der Waals surface area contributed by atoms with Crippen molar-refractivity contribution in [1.82, 2.24) is 5.01 Å². The van der Waals surface area contributed by atoms with Crippen molar-refractivity contribution < 1.29 is 9.66 Å². The average molecular weight is 454 g/mol. The lowest BCUT2D eigenvalue weighted by atomic mass is 9.92. The lowest BCUT2D eigenvalue weighted by molar-refractivity contribution is -0.384. The third-order valence-electron chi connectivity index (χ3n) is 5.78. The minimum Gasteiger partial charge on any atom is -0.462 e. The van der Waals surface area contributed by atoms with Gasteiger partial charge in [0.1, 0.15) is 5.75 Å². The Bertz CT molecular complexity index is 1210. The van der Waals surface area contributed by atoms with Crippen molar-refractivity contribution in [2.75, 3.05) is 0 Å². The molecule has 2 heterocycles. The molecule has 31 heavy (non-hydrogen) atoms. The molecule has 0 spiro atoms. The second kappa shape index (κ2) is 7.25. The van der Waals surface area contributed by atoms with Gasteiger partial charge in [-0.05, 0) is 48.0 Å². The molecule has 0 saturated heterocycles. The van der Waals surface area contributed by atoms with Crippen LogP contribution in [0.15, 0.2) is 71.8 Å². The highest BCUT2D eigenvalue weighted by Gasteiger charge is 2.49. The number of nitro benzene ring substituents is 1. The van der Waals surface area contributed by atoms with Gasteiger partial charge in [-0.2, -0.15) is 5.10 Å². The van der Waals surface area contributed by atoms with Gasteiger partial charge in [0, 0.05) is 46.6 Å². The summed E-state index contributed by atoms with van der Waals surface area (Å²) in [5.41, 5.74) is 2.69. The zero-order chi connectivity index (χ0) is 21.8. The molecule has 0 bridgehead atoms. The molecule has 0 radical (unpaired) electrons. The van der Waals surface area contributed by atoms with Crippen molar-refractivity contribution in [3.05, 3.63) is 104 Å². The summed E-state index contributed by atoms with van der Waals surface area (Å²) in [4.78, 5) is 10.7. The zero-order valence-corrected chi connectivity index (χ0v) is 18.0. The van der Waals surface area contributed by atoms with Crippen LogP contribution in [0.1, 0.15) is 36.1 Å². The summed E-state index contributed by atoms with van der Waals surface area (Å²) in [7, 11) is 0. The first-order chi connectivity index (χ1) is 14.8. The normalized spacial score (nSPS) is 21.7. The van der Waals surface area contributed by atoms with Crippen LogP contribution in [0.5, 0.6) is 5.75 Å². The van der Waals surface area contributed by atoms with Crippen LogP contribution in [0.3, 0.4) is 0 Å². The lowest BCUT2D eigenvalue weighted by Gasteiger charge is -2.46. The number of benzene rings is 3. The third kappa shape index (κ3) is 3.32. The molecule has 8 heteroatoms. The van der Waals surface area contributed by atoms with Gasteiger partial charge in [0.25, 0.3) is 5.69 Å². The molecule has 0 fully saturated rings. The Morgan fingerprint density at radius 2 is 1.74 bits per heavy atom. The Kier molecular flexibility index (Phi) is 4.64. The van der Waals surface area contributed by atoms with Gasteiger partial charge in [0.15, 0.2) is 0 Å². The second-order valence-corrected chi connectivity index (χ2v) is 8.56. The topological polar surface area (TPSA) is 68.0 Å². The summed E-state index contributed by atoms with van der Waals surface area (Å²) < 4.78 is 6.45. The van der Waals surface area contributed by atoms with E-state index >= 15 is 0 Å². The van der Waals surface area contributed by atoms with Crippen molar-refractivity contribution in [1.29, 1.82) is 0 Å². The van der Waals surface area contributed by atoms with Crippen LogP contribution in [0.25, 0.3) is 0 Å². The number of hydrogen-bond donors (Lipinski definition) is 0. The molecule has 2 aliphatic heterocycles. The molecule has 3 aromatic rings. The maximum atomic E-state index is 11.1. The van der Waals surface area contributed by atoms with E-state index in [0.29, 0.717) is 16.5 Å². The molecule has 0 unspecified atom stereocenters. The van der Waals surface area contributed by atoms with Gasteiger partial charge in [-0.25, -0.2) is 5.01 Å². The fourth-order valence-corrected chi connectivity index (χ4v) is 4.49. The number of nitrogens with zero attached hydrogens (tertiary/aromatic N) is 3. The molecule has 0 amide bonds. The first kappa shape index (κ1) is 19.8. The first-order valence-electron chi connectivity index (χ1n) is 9.71. The van der Waals surface area contributed by atoms with E-state index in [1.54, 1.807) is 18.2 Å². The molecular formula is C23H17Cl2N3O3. The number of fused-ring (bicyclic) bond motifs is 3. The van der Waals surface area contributed by atoms with Gasteiger partial charge in [0.2, 0.25) is 5.72 Å². The summed E-state index contributed by atoms with van der Waals surface area (Å²) in [6, 6.07) is 19.4. The molecule has 0 saturated carbocycles. The smallest absolute Gasteiger partial charge is 0.269 e. The van der Waals surface area contributed by atoms with E-state index in [4.69, 9.17) is 33.0 Å². The quantitative estimate of drug-likeness (QED) is 0.343. The van der Waals surface area contributed by atoms with Crippen LogP contribution in [0.4, 0.5) is 5.69 Å². The summed E-state index contributed by atoms with van der Waals surface area (Å²) in [5, 5.41) is 19.2. The molecule has 0 N–H and O–H groups in total. The lowest BCUT2D eigenvalue weighted by Crippen LogP contribution is -2.48. The Morgan fingerprint density at radius 1 is 1.06 bits per heavy atom. The minimum atomic E-state index is -0.950. The van der Waals surface area contributed by atoms with Gasteiger partial charge < -0.3 is 4.74 Å². The van der Waals surface area contributed by atoms with E-state index in [2.05, 4.69) is 0 Å². The number of ether oxygens (including phenoxy) is 1. The molecule has 0 aromatic heterocycles. The molecule has 156 valence electrons. The molecular weight excluding hydrogens is 437 g/mol. The van der Waals surface area contributed by atoms with Crippen LogP contribution in [-0.2, 0) is 5.72 Å². The summed E-state index contributed by atoms with van der Waals surface area (Å²) in [5.74, 6) is 0.721. The van der Waals surface area contributed by atoms with E-state index in [1.165, 1.54) is 12.1 Å². The van der Waals surface area contributed by atoms with Crippen molar-refractivity contribution in [2.45, 2.75) is 25.1 Å². The van der Waals surface area contributed by atoms with Gasteiger partial charge in [-0.15, -0.1) is 0 Å². The number of halogens is 2. The number of non-ortho nitro benzene ring substituents is 1. The average Bonchev–Trinajstić information content (AvgIpc) is 3.22. The van der Waals surface area contributed by atoms with Crippen LogP contribution in [0.2, 0.25) is 10.0 Å².